The quantitative estimate of drug-likeness (QED) is 0.259. The molecule has 1 saturated heterocycles. The van der Waals surface area contributed by atoms with Crippen molar-refractivity contribution >= 4 is 17.6 Å². The lowest BCUT2D eigenvalue weighted by Gasteiger charge is -2.35. The number of nitrogens with zero attached hydrogens (tertiary/aromatic N) is 2. The van der Waals surface area contributed by atoms with E-state index in [-0.39, 0.29) is 12.2 Å². The van der Waals surface area contributed by atoms with E-state index in [4.69, 9.17) is 23.0 Å². The fraction of sp³-hybridized carbons (Fsp3) is 0.303. The number of hydrogen-bond acceptors (Lipinski definition) is 11. The molecule has 0 radical (unpaired) electrons. The maximum Gasteiger partial charge on any atom is 0.337 e. The first-order valence-electron chi connectivity index (χ1n) is 14.1. The molecule has 1 unspecified atom stereocenters. The monoisotopic (exact) mass is 602 g/mol. The predicted molar refractivity (Wildman–Crippen MR) is 161 cm³/mol. The first kappa shape index (κ1) is 30.4. The van der Waals surface area contributed by atoms with Crippen LogP contribution in [0.15, 0.2) is 80.4 Å². The molecule has 2 aromatic heterocycles. The maximum atomic E-state index is 12.9. The van der Waals surface area contributed by atoms with Crippen LogP contribution in [-0.4, -0.2) is 69.5 Å². The second-order valence-electron chi connectivity index (χ2n) is 10.4. The Hall–Kier alpha value is -5.03. The number of ether oxygens (including phenoxy) is 3. The molecule has 0 saturated carbocycles. The van der Waals surface area contributed by atoms with Gasteiger partial charge >= 0.3 is 11.9 Å². The molecule has 1 aliphatic heterocycles. The molecule has 11 heteroatoms. The van der Waals surface area contributed by atoms with Crippen LogP contribution in [0.1, 0.15) is 40.0 Å². The Bertz CT molecular complexity index is 1650. The third-order valence-corrected chi connectivity index (χ3v) is 7.66. The summed E-state index contributed by atoms with van der Waals surface area (Å²) in [7, 11) is 4.20. The van der Waals surface area contributed by atoms with Crippen LogP contribution in [0.5, 0.6) is 11.5 Å². The van der Waals surface area contributed by atoms with Gasteiger partial charge in [-0.2, -0.15) is 0 Å². The highest BCUT2D eigenvalue weighted by Crippen LogP contribution is 2.36. The average Bonchev–Trinajstić information content (AvgIpc) is 3.55. The molecule has 1 N–H and O–H groups in total. The number of piperazine rings is 1. The van der Waals surface area contributed by atoms with Crippen LogP contribution in [0.2, 0.25) is 0 Å². The van der Waals surface area contributed by atoms with E-state index in [1.165, 1.54) is 20.3 Å². The van der Waals surface area contributed by atoms with Gasteiger partial charge in [0.25, 0.3) is 0 Å². The summed E-state index contributed by atoms with van der Waals surface area (Å²) in [6.07, 6.45) is -0.231. The lowest BCUT2D eigenvalue weighted by Crippen LogP contribution is -2.46. The summed E-state index contributed by atoms with van der Waals surface area (Å²) in [5, 5.41) is 10.8. The summed E-state index contributed by atoms with van der Waals surface area (Å²) < 4.78 is 27.1. The number of methoxy groups -OCH3 is 3. The summed E-state index contributed by atoms with van der Waals surface area (Å²) >= 11 is 0. The highest BCUT2D eigenvalue weighted by atomic mass is 16.5. The molecule has 2 aromatic carbocycles. The number of aromatic hydroxyl groups is 1. The third kappa shape index (κ3) is 6.78. The largest absolute Gasteiger partial charge is 0.502 e. The summed E-state index contributed by atoms with van der Waals surface area (Å²) in [4.78, 5) is 41.5. The molecule has 0 bridgehead atoms. The van der Waals surface area contributed by atoms with Gasteiger partial charge < -0.3 is 33.1 Å². The zero-order chi connectivity index (χ0) is 31.2. The molecule has 0 amide bonds. The van der Waals surface area contributed by atoms with E-state index in [1.807, 2.05) is 24.3 Å². The predicted octanol–water partition coefficient (Wildman–Crippen LogP) is 4.42. The third-order valence-electron chi connectivity index (χ3n) is 7.66. The van der Waals surface area contributed by atoms with Gasteiger partial charge in [0.1, 0.15) is 23.0 Å². The molecule has 3 heterocycles. The van der Waals surface area contributed by atoms with Crippen LogP contribution in [-0.2, 0) is 20.8 Å². The Morgan fingerprint density at radius 1 is 0.886 bits per heavy atom. The van der Waals surface area contributed by atoms with E-state index in [2.05, 4.69) is 9.80 Å². The molecule has 0 aliphatic carbocycles. The Morgan fingerprint density at radius 2 is 1.59 bits per heavy atom. The van der Waals surface area contributed by atoms with Gasteiger partial charge in [-0.05, 0) is 48.5 Å². The molecule has 0 spiro atoms. The summed E-state index contributed by atoms with van der Waals surface area (Å²) in [6.45, 7) is 3.37. The van der Waals surface area contributed by atoms with Crippen molar-refractivity contribution < 1.29 is 37.7 Å². The lowest BCUT2D eigenvalue weighted by molar-refractivity contribution is -0.141. The topological polar surface area (TPSA) is 132 Å². The van der Waals surface area contributed by atoms with E-state index >= 15 is 0 Å². The van der Waals surface area contributed by atoms with Crippen LogP contribution in [0, 0.1) is 0 Å². The number of benzene rings is 2. The molecule has 230 valence electrons. The minimum absolute atomic E-state index is 0.0725. The smallest absolute Gasteiger partial charge is 0.337 e. The molecule has 44 heavy (non-hydrogen) atoms. The minimum atomic E-state index is -0.926. The van der Waals surface area contributed by atoms with Gasteiger partial charge in [-0.3, -0.25) is 14.5 Å². The highest BCUT2D eigenvalue weighted by Gasteiger charge is 2.30. The summed E-state index contributed by atoms with van der Waals surface area (Å²) in [6, 6.07) is 19.2. The number of carbonyl (C=O) groups excluding carboxylic acids is 2. The van der Waals surface area contributed by atoms with Crippen molar-refractivity contribution in [1.29, 1.82) is 0 Å². The Morgan fingerprint density at radius 3 is 2.23 bits per heavy atom. The van der Waals surface area contributed by atoms with Crippen molar-refractivity contribution in [3.05, 3.63) is 99.8 Å². The van der Waals surface area contributed by atoms with E-state index < -0.39 is 29.0 Å². The van der Waals surface area contributed by atoms with Crippen molar-refractivity contribution in [3.8, 4) is 22.8 Å². The molecule has 5 rings (SSSR count). The van der Waals surface area contributed by atoms with E-state index in [0.717, 1.165) is 37.6 Å². The number of rotatable bonds is 10. The Balaban J connectivity index is 1.36. The van der Waals surface area contributed by atoms with Gasteiger partial charge in [0.05, 0.1) is 45.8 Å². The second-order valence-corrected chi connectivity index (χ2v) is 10.4. The first-order chi connectivity index (χ1) is 21.3. The van der Waals surface area contributed by atoms with Gasteiger partial charge in [-0.15, -0.1) is 0 Å². The summed E-state index contributed by atoms with van der Waals surface area (Å²) in [5.74, 6) is -0.701. The normalized spacial score (nSPS) is 14.2. The fourth-order valence-electron chi connectivity index (χ4n) is 5.20. The van der Waals surface area contributed by atoms with Gasteiger partial charge in [0.15, 0.2) is 5.76 Å². The van der Waals surface area contributed by atoms with Crippen molar-refractivity contribution in [3.63, 3.8) is 0 Å². The Labute approximate surface area is 254 Å². The zero-order valence-electron chi connectivity index (χ0n) is 24.8. The van der Waals surface area contributed by atoms with Gasteiger partial charge in [0, 0.05) is 43.5 Å². The number of anilines is 1. The molecular weight excluding hydrogens is 568 g/mol. The van der Waals surface area contributed by atoms with Crippen LogP contribution >= 0.6 is 0 Å². The van der Waals surface area contributed by atoms with E-state index in [0.29, 0.717) is 35.0 Å². The van der Waals surface area contributed by atoms with E-state index in [1.54, 1.807) is 43.5 Å². The van der Waals surface area contributed by atoms with Gasteiger partial charge in [-0.25, -0.2) is 4.79 Å². The molecule has 4 aromatic rings. The molecular formula is C33H34N2O9. The first-order valence-corrected chi connectivity index (χ1v) is 14.1. The standard InChI is InChI=1S/C33H34N2O9/c1-40-24-10-8-23(9-11-24)35-16-14-34(15-17-35)20-25-18-27(36)31(38)32(43-25)26(19-30(37)41-2)29-13-12-28(44-29)21-4-6-22(7-5-21)33(39)42-3/h4-13,18,26,38H,14-17,19-20H2,1-3H3. The summed E-state index contributed by atoms with van der Waals surface area (Å²) in [5.41, 5.74) is 1.55. The highest BCUT2D eigenvalue weighted by molar-refractivity contribution is 5.89. The van der Waals surface area contributed by atoms with Crippen LogP contribution < -0.4 is 15.1 Å². The fourth-order valence-corrected chi connectivity index (χ4v) is 5.20. The number of esters is 2. The molecule has 1 fully saturated rings. The second kappa shape index (κ2) is 13.5. The van der Waals surface area contributed by atoms with Crippen molar-refractivity contribution in [2.24, 2.45) is 0 Å². The van der Waals surface area contributed by atoms with E-state index in [9.17, 15) is 19.5 Å². The number of carbonyl (C=O) groups is 2. The minimum Gasteiger partial charge on any atom is -0.502 e. The zero-order valence-corrected chi connectivity index (χ0v) is 24.8. The van der Waals surface area contributed by atoms with Crippen LogP contribution in [0.25, 0.3) is 11.3 Å². The van der Waals surface area contributed by atoms with Crippen molar-refractivity contribution in [2.75, 3.05) is 52.4 Å². The number of furan rings is 1. The van der Waals surface area contributed by atoms with Gasteiger partial charge in [-0.1, -0.05) is 12.1 Å². The van der Waals surface area contributed by atoms with Crippen LogP contribution in [0.4, 0.5) is 5.69 Å². The van der Waals surface area contributed by atoms with Crippen LogP contribution in [0.3, 0.4) is 0 Å². The molecule has 11 nitrogen and oxygen atoms in total. The SMILES string of the molecule is COC(=O)CC(c1ccc(-c2ccc(C(=O)OC)cc2)o1)c1oc(CN2CCN(c3ccc(OC)cc3)CC2)cc(=O)c1O. The average molecular weight is 603 g/mol. The molecule has 1 aliphatic rings. The van der Waals surface area contributed by atoms with Gasteiger partial charge in [0.2, 0.25) is 11.2 Å². The number of hydrogen-bond donors (Lipinski definition) is 1. The van der Waals surface area contributed by atoms with Crippen molar-refractivity contribution in [2.45, 2.75) is 18.9 Å². The maximum absolute atomic E-state index is 12.9. The van der Waals surface area contributed by atoms with Crippen molar-refractivity contribution in [1.82, 2.24) is 4.90 Å². The molecule has 1 atom stereocenters. The Kier molecular flexibility index (Phi) is 9.35. The lowest BCUT2D eigenvalue weighted by atomic mass is 9.98.